The highest BCUT2D eigenvalue weighted by molar-refractivity contribution is 6.32. The maximum Gasteiger partial charge on any atom is 0.349 e. The second-order valence-corrected chi connectivity index (χ2v) is 9.46. The van der Waals surface area contributed by atoms with Crippen LogP contribution in [0.4, 0.5) is 0 Å². The van der Waals surface area contributed by atoms with Gasteiger partial charge in [0.1, 0.15) is 28.9 Å². The molecule has 0 spiro atoms. The van der Waals surface area contributed by atoms with Gasteiger partial charge in [-0.25, -0.2) is 4.79 Å². The molecule has 0 radical (unpaired) electrons. The summed E-state index contributed by atoms with van der Waals surface area (Å²) < 4.78 is 16.8. The molecule has 0 saturated heterocycles. The molecule has 0 bridgehead atoms. The van der Waals surface area contributed by atoms with Crippen LogP contribution in [0.5, 0.6) is 17.2 Å². The van der Waals surface area contributed by atoms with Gasteiger partial charge in [0.15, 0.2) is 6.61 Å². The van der Waals surface area contributed by atoms with Crippen molar-refractivity contribution in [2.24, 2.45) is 5.73 Å². The highest BCUT2D eigenvalue weighted by Crippen LogP contribution is 2.43. The number of fused-ring (bicyclic) bond motifs is 1. The van der Waals surface area contributed by atoms with Crippen LogP contribution in [0.15, 0.2) is 66.1 Å². The Morgan fingerprint density at radius 2 is 1.75 bits per heavy atom. The van der Waals surface area contributed by atoms with E-state index in [1.165, 1.54) is 5.56 Å². The number of rotatable bonds is 6. The molecular formula is C29H27ClN2O4. The Bertz CT molecular complexity index is 1360. The monoisotopic (exact) mass is 502 g/mol. The third-order valence-electron chi connectivity index (χ3n) is 6.13. The number of hydrogen-bond acceptors (Lipinski definition) is 6. The predicted molar refractivity (Wildman–Crippen MR) is 138 cm³/mol. The first-order chi connectivity index (χ1) is 17.2. The van der Waals surface area contributed by atoms with E-state index >= 15 is 0 Å². The van der Waals surface area contributed by atoms with Crippen LogP contribution >= 0.6 is 11.6 Å². The van der Waals surface area contributed by atoms with Crippen molar-refractivity contribution in [1.82, 2.24) is 0 Å². The molecule has 2 N–H and O–H groups in total. The Morgan fingerprint density at radius 1 is 1.08 bits per heavy atom. The highest BCUT2D eigenvalue weighted by atomic mass is 35.5. The van der Waals surface area contributed by atoms with Crippen molar-refractivity contribution < 1.29 is 19.0 Å². The summed E-state index contributed by atoms with van der Waals surface area (Å²) in [4.78, 5) is 12.4. The number of nitrogens with two attached hydrogens (primary N) is 1. The van der Waals surface area contributed by atoms with Gasteiger partial charge < -0.3 is 19.9 Å². The standard InChI is InChI=1S/C29H27ClN2O4/c1-16(2)19-5-7-20(8-6-19)27-23-10-9-21(13-25(23)36-29(32)24(27)14-31)35-26(33)15-34-22-11-17(3)28(30)18(4)12-22/h5-13,16,27H,15,32H2,1-4H3. The summed E-state index contributed by atoms with van der Waals surface area (Å²) in [7, 11) is 0. The van der Waals surface area contributed by atoms with Gasteiger partial charge in [-0.3, -0.25) is 0 Å². The Balaban J connectivity index is 1.53. The molecule has 1 atom stereocenters. The van der Waals surface area contributed by atoms with Crippen LogP contribution in [0.3, 0.4) is 0 Å². The number of halogens is 1. The maximum absolute atomic E-state index is 12.4. The highest BCUT2D eigenvalue weighted by Gasteiger charge is 2.31. The summed E-state index contributed by atoms with van der Waals surface area (Å²) >= 11 is 6.19. The largest absolute Gasteiger partial charge is 0.482 e. The lowest BCUT2D eigenvalue weighted by Gasteiger charge is -2.27. The van der Waals surface area contributed by atoms with Gasteiger partial charge >= 0.3 is 5.97 Å². The van der Waals surface area contributed by atoms with E-state index in [1.807, 2.05) is 26.0 Å². The quantitative estimate of drug-likeness (QED) is 0.314. The van der Waals surface area contributed by atoms with E-state index in [2.05, 4.69) is 32.0 Å². The van der Waals surface area contributed by atoms with Gasteiger partial charge in [0.05, 0.1) is 5.92 Å². The zero-order valence-electron chi connectivity index (χ0n) is 20.6. The molecule has 1 heterocycles. The van der Waals surface area contributed by atoms with E-state index in [0.29, 0.717) is 28.0 Å². The van der Waals surface area contributed by atoms with Crippen molar-refractivity contribution in [2.45, 2.75) is 39.5 Å². The van der Waals surface area contributed by atoms with Crippen LogP contribution in [0.2, 0.25) is 5.02 Å². The smallest absolute Gasteiger partial charge is 0.349 e. The summed E-state index contributed by atoms with van der Waals surface area (Å²) in [6.07, 6.45) is 0. The predicted octanol–water partition coefficient (Wildman–Crippen LogP) is 6.28. The van der Waals surface area contributed by atoms with Crippen molar-refractivity contribution >= 4 is 17.6 Å². The number of ether oxygens (including phenoxy) is 3. The first kappa shape index (κ1) is 25.2. The van der Waals surface area contributed by atoms with Crippen molar-refractivity contribution in [2.75, 3.05) is 6.61 Å². The second-order valence-electron chi connectivity index (χ2n) is 9.08. The molecule has 3 aromatic carbocycles. The van der Waals surface area contributed by atoms with E-state index in [1.54, 1.807) is 30.3 Å². The lowest BCUT2D eigenvalue weighted by Crippen LogP contribution is -2.21. The van der Waals surface area contributed by atoms with Gasteiger partial charge in [0.25, 0.3) is 0 Å². The van der Waals surface area contributed by atoms with Gasteiger partial charge in [-0.15, -0.1) is 0 Å². The summed E-state index contributed by atoms with van der Waals surface area (Å²) in [6, 6.07) is 18.9. The Hall–Kier alpha value is -3.95. The zero-order chi connectivity index (χ0) is 26.0. The molecule has 36 heavy (non-hydrogen) atoms. The fourth-order valence-corrected chi connectivity index (χ4v) is 4.32. The second kappa shape index (κ2) is 10.3. The summed E-state index contributed by atoms with van der Waals surface area (Å²) in [6.45, 7) is 7.73. The average molecular weight is 503 g/mol. The molecule has 7 heteroatoms. The number of nitriles is 1. The van der Waals surface area contributed by atoms with Crippen molar-refractivity contribution in [3.8, 4) is 23.3 Å². The van der Waals surface area contributed by atoms with Crippen LogP contribution in [0.1, 0.15) is 53.5 Å². The van der Waals surface area contributed by atoms with E-state index < -0.39 is 5.97 Å². The van der Waals surface area contributed by atoms with Crippen molar-refractivity contribution in [3.63, 3.8) is 0 Å². The number of benzene rings is 3. The Kier molecular flexibility index (Phi) is 7.23. The van der Waals surface area contributed by atoms with Gasteiger partial charge in [0, 0.05) is 16.7 Å². The van der Waals surface area contributed by atoms with E-state index in [-0.39, 0.29) is 24.2 Å². The minimum atomic E-state index is -0.571. The number of carbonyl (C=O) groups excluding carboxylic acids is 1. The molecule has 0 aliphatic carbocycles. The van der Waals surface area contributed by atoms with Crippen LogP contribution in [0, 0.1) is 25.2 Å². The third-order valence-corrected chi connectivity index (χ3v) is 6.72. The third kappa shape index (κ3) is 5.17. The Labute approximate surface area is 215 Å². The fourth-order valence-electron chi connectivity index (χ4n) is 4.21. The van der Waals surface area contributed by atoms with Gasteiger partial charge in [-0.2, -0.15) is 5.26 Å². The molecule has 4 rings (SSSR count). The molecule has 1 aliphatic heterocycles. The fraction of sp³-hybridized carbons (Fsp3) is 0.241. The molecule has 184 valence electrons. The number of nitrogens with zero attached hydrogens (tertiary/aromatic N) is 1. The normalized spacial score (nSPS) is 14.6. The first-order valence-electron chi connectivity index (χ1n) is 11.6. The molecule has 3 aromatic rings. The molecule has 6 nitrogen and oxygen atoms in total. The number of hydrogen-bond donors (Lipinski definition) is 1. The molecule has 0 aromatic heterocycles. The summed E-state index contributed by atoms with van der Waals surface area (Å²) in [5.41, 5.74) is 11.1. The summed E-state index contributed by atoms with van der Waals surface area (Å²) in [5.74, 6) is 0.720. The van der Waals surface area contributed by atoms with Crippen LogP contribution in [0.25, 0.3) is 0 Å². The van der Waals surface area contributed by atoms with Crippen LogP contribution in [-0.2, 0) is 4.79 Å². The number of carbonyl (C=O) groups is 1. The lowest BCUT2D eigenvalue weighted by atomic mass is 9.83. The van der Waals surface area contributed by atoms with Crippen molar-refractivity contribution in [1.29, 1.82) is 5.26 Å². The molecule has 1 unspecified atom stereocenters. The first-order valence-corrected chi connectivity index (χ1v) is 12.0. The van der Waals surface area contributed by atoms with E-state index in [4.69, 9.17) is 31.5 Å². The number of aryl methyl sites for hydroxylation is 2. The minimum absolute atomic E-state index is 0.0308. The van der Waals surface area contributed by atoms with E-state index in [9.17, 15) is 10.1 Å². The number of esters is 1. The number of allylic oxidation sites excluding steroid dienone is 1. The molecular weight excluding hydrogens is 476 g/mol. The molecule has 0 fully saturated rings. The topological polar surface area (TPSA) is 94.6 Å². The summed E-state index contributed by atoms with van der Waals surface area (Å²) in [5, 5.41) is 10.4. The molecule has 1 aliphatic rings. The SMILES string of the molecule is Cc1cc(OCC(=O)Oc2ccc3c(c2)OC(N)=C(C#N)C3c2ccc(C(C)C)cc2)cc(C)c1Cl. The lowest BCUT2D eigenvalue weighted by molar-refractivity contribution is -0.136. The minimum Gasteiger partial charge on any atom is -0.482 e. The van der Waals surface area contributed by atoms with Gasteiger partial charge in [-0.05, 0) is 60.2 Å². The van der Waals surface area contributed by atoms with E-state index in [0.717, 1.165) is 22.3 Å². The van der Waals surface area contributed by atoms with Crippen molar-refractivity contribution in [3.05, 3.63) is 98.9 Å². The van der Waals surface area contributed by atoms with Gasteiger partial charge in [-0.1, -0.05) is 55.8 Å². The van der Waals surface area contributed by atoms with Crippen LogP contribution in [-0.4, -0.2) is 12.6 Å². The maximum atomic E-state index is 12.4. The Morgan fingerprint density at radius 3 is 2.36 bits per heavy atom. The molecule has 0 amide bonds. The zero-order valence-corrected chi connectivity index (χ0v) is 21.3. The average Bonchev–Trinajstić information content (AvgIpc) is 2.85. The molecule has 0 saturated carbocycles. The van der Waals surface area contributed by atoms with Crippen LogP contribution < -0.4 is 19.9 Å². The van der Waals surface area contributed by atoms with Gasteiger partial charge in [0.2, 0.25) is 5.88 Å².